The average Bonchev–Trinajstić information content (AvgIpc) is 2.74. The van der Waals surface area contributed by atoms with E-state index in [1.807, 2.05) is 0 Å². The molecule has 0 spiro atoms. The lowest BCUT2D eigenvalue weighted by atomic mass is 10.00. The third kappa shape index (κ3) is 4.45. The summed E-state index contributed by atoms with van der Waals surface area (Å²) in [4.78, 5) is 4.39. The van der Waals surface area contributed by atoms with Crippen molar-refractivity contribution in [3.8, 4) is 0 Å². The lowest BCUT2D eigenvalue weighted by Gasteiger charge is -2.14. The van der Waals surface area contributed by atoms with Gasteiger partial charge in [-0.1, -0.05) is 20.3 Å². The van der Waals surface area contributed by atoms with Crippen LogP contribution >= 0.6 is 11.5 Å². The Balaban J connectivity index is 2.35. The quantitative estimate of drug-likeness (QED) is 0.734. The van der Waals surface area contributed by atoms with E-state index in [0.29, 0.717) is 5.92 Å². The molecular weight excluding hydrogens is 220 g/mol. The third-order valence-electron chi connectivity index (χ3n) is 2.60. The fourth-order valence-corrected chi connectivity index (χ4v) is 2.35. The Kier molecular flexibility index (Phi) is 6.33. The number of nitrogens with one attached hydrogen (secondary N) is 1. The zero-order valence-electron chi connectivity index (χ0n) is 10.2. The monoisotopic (exact) mass is 242 g/mol. The maximum atomic E-state index is 5.60. The van der Waals surface area contributed by atoms with Crippen LogP contribution in [0.2, 0.25) is 0 Å². The van der Waals surface area contributed by atoms with Crippen LogP contribution in [0.25, 0.3) is 0 Å². The van der Waals surface area contributed by atoms with Gasteiger partial charge >= 0.3 is 0 Å². The number of nitrogens with two attached hydrogens (primary N) is 1. The van der Waals surface area contributed by atoms with Gasteiger partial charge in [-0.25, -0.2) is 4.98 Å². The molecular formula is C11H22N4S. The van der Waals surface area contributed by atoms with Crippen LogP contribution in [-0.2, 0) is 6.42 Å². The normalized spacial score (nSPS) is 12.7. The van der Waals surface area contributed by atoms with Crippen molar-refractivity contribution in [2.75, 3.05) is 18.4 Å². The fraction of sp³-hybridized carbons (Fsp3) is 0.818. The minimum atomic E-state index is 0.656. The van der Waals surface area contributed by atoms with Gasteiger partial charge in [-0.05, 0) is 25.3 Å². The molecule has 1 unspecified atom stereocenters. The predicted octanol–water partition coefficient (Wildman–Crippen LogP) is 2.28. The van der Waals surface area contributed by atoms with E-state index in [1.54, 1.807) is 0 Å². The molecule has 1 atom stereocenters. The summed E-state index contributed by atoms with van der Waals surface area (Å²) in [6.07, 6.45) is 4.42. The van der Waals surface area contributed by atoms with E-state index < -0.39 is 0 Å². The van der Waals surface area contributed by atoms with Crippen LogP contribution in [0.3, 0.4) is 0 Å². The fourth-order valence-electron chi connectivity index (χ4n) is 1.69. The summed E-state index contributed by atoms with van der Waals surface area (Å²) in [6.45, 7) is 6.01. The first-order valence-electron chi connectivity index (χ1n) is 6.06. The highest BCUT2D eigenvalue weighted by Gasteiger charge is 2.08. The van der Waals surface area contributed by atoms with Gasteiger partial charge in [0, 0.05) is 24.5 Å². The van der Waals surface area contributed by atoms with Crippen LogP contribution < -0.4 is 11.1 Å². The molecule has 0 aliphatic carbocycles. The van der Waals surface area contributed by atoms with Crippen molar-refractivity contribution in [3.63, 3.8) is 0 Å². The summed E-state index contributed by atoms with van der Waals surface area (Å²) in [5, 5.41) is 4.30. The summed E-state index contributed by atoms with van der Waals surface area (Å²) in [5.74, 6) is 1.59. The molecule has 5 heteroatoms. The molecule has 0 amide bonds. The number of anilines is 1. The zero-order valence-corrected chi connectivity index (χ0v) is 11.0. The minimum absolute atomic E-state index is 0.656. The molecule has 0 radical (unpaired) electrons. The van der Waals surface area contributed by atoms with Gasteiger partial charge in [0.2, 0.25) is 5.13 Å². The molecule has 1 heterocycles. The molecule has 0 fully saturated rings. The first-order chi connectivity index (χ1) is 7.80. The molecule has 0 aromatic carbocycles. The lowest BCUT2D eigenvalue weighted by Crippen LogP contribution is -2.17. The molecule has 3 N–H and O–H groups in total. The van der Waals surface area contributed by atoms with Crippen LogP contribution in [0.4, 0.5) is 5.13 Å². The molecule has 0 bridgehead atoms. The van der Waals surface area contributed by atoms with Gasteiger partial charge < -0.3 is 11.1 Å². The molecule has 1 aromatic rings. The van der Waals surface area contributed by atoms with Gasteiger partial charge in [-0.3, -0.25) is 0 Å². The van der Waals surface area contributed by atoms with Gasteiger partial charge in [0.05, 0.1) is 0 Å². The molecule has 0 aliphatic rings. The van der Waals surface area contributed by atoms with Crippen molar-refractivity contribution in [3.05, 3.63) is 5.82 Å². The second kappa shape index (κ2) is 7.57. The molecule has 16 heavy (non-hydrogen) atoms. The second-order valence-electron chi connectivity index (χ2n) is 3.98. The second-order valence-corrected chi connectivity index (χ2v) is 4.73. The Hall–Kier alpha value is -0.680. The summed E-state index contributed by atoms with van der Waals surface area (Å²) >= 11 is 1.45. The number of aryl methyl sites for hydroxylation is 1. The van der Waals surface area contributed by atoms with Gasteiger partial charge in [0.25, 0.3) is 0 Å². The van der Waals surface area contributed by atoms with E-state index in [4.69, 9.17) is 5.73 Å². The highest BCUT2D eigenvalue weighted by atomic mass is 32.1. The Bertz CT molecular complexity index is 281. The Morgan fingerprint density at radius 2 is 2.19 bits per heavy atom. The largest absolute Gasteiger partial charge is 0.360 e. The summed E-state index contributed by atoms with van der Waals surface area (Å²) in [6, 6.07) is 0. The first kappa shape index (κ1) is 13.4. The summed E-state index contributed by atoms with van der Waals surface area (Å²) in [5.41, 5.74) is 5.60. The van der Waals surface area contributed by atoms with Crippen molar-refractivity contribution in [1.82, 2.24) is 9.36 Å². The number of rotatable bonds is 8. The van der Waals surface area contributed by atoms with Gasteiger partial charge in [-0.2, -0.15) is 4.37 Å². The lowest BCUT2D eigenvalue weighted by molar-refractivity contribution is 0.473. The SMILES string of the molecule is CCCC(CCN)CNc1nc(CC)ns1. The van der Waals surface area contributed by atoms with E-state index in [2.05, 4.69) is 28.5 Å². The molecule has 4 nitrogen and oxygen atoms in total. The topological polar surface area (TPSA) is 63.8 Å². The maximum Gasteiger partial charge on any atom is 0.202 e. The minimum Gasteiger partial charge on any atom is -0.360 e. The maximum absolute atomic E-state index is 5.60. The van der Waals surface area contributed by atoms with E-state index in [1.165, 1.54) is 24.4 Å². The van der Waals surface area contributed by atoms with Crippen molar-refractivity contribution in [2.45, 2.75) is 39.5 Å². The van der Waals surface area contributed by atoms with Crippen LogP contribution in [0.15, 0.2) is 0 Å². The van der Waals surface area contributed by atoms with Crippen LogP contribution in [0, 0.1) is 5.92 Å². The van der Waals surface area contributed by atoms with E-state index in [9.17, 15) is 0 Å². The zero-order chi connectivity index (χ0) is 11.8. The summed E-state index contributed by atoms with van der Waals surface area (Å²) in [7, 11) is 0. The molecule has 1 rings (SSSR count). The van der Waals surface area contributed by atoms with Crippen molar-refractivity contribution < 1.29 is 0 Å². The number of nitrogens with zero attached hydrogens (tertiary/aromatic N) is 2. The number of hydrogen-bond donors (Lipinski definition) is 2. The van der Waals surface area contributed by atoms with E-state index in [0.717, 1.165) is 36.9 Å². The van der Waals surface area contributed by atoms with Gasteiger partial charge in [0.1, 0.15) is 5.82 Å². The van der Waals surface area contributed by atoms with Crippen LogP contribution in [0.1, 0.15) is 38.9 Å². The summed E-state index contributed by atoms with van der Waals surface area (Å²) < 4.78 is 4.25. The predicted molar refractivity (Wildman–Crippen MR) is 69.8 cm³/mol. The number of aromatic nitrogens is 2. The van der Waals surface area contributed by atoms with Crippen molar-refractivity contribution >= 4 is 16.7 Å². The first-order valence-corrected chi connectivity index (χ1v) is 6.84. The molecule has 0 saturated carbocycles. The van der Waals surface area contributed by atoms with E-state index >= 15 is 0 Å². The van der Waals surface area contributed by atoms with Crippen LogP contribution in [-0.4, -0.2) is 22.4 Å². The molecule has 1 aromatic heterocycles. The number of hydrogen-bond acceptors (Lipinski definition) is 5. The standard InChI is InChI=1S/C11H22N4S/c1-3-5-9(6-7-12)8-13-11-14-10(4-2)15-16-11/h9H,3-8,12H2,1-2H3,(H,13,14,15). The van der Waals surface area contributed by atoms with Gasteiger partial charge in [0.15, 0.2) is 0 Å². The smallest absolute Gasteiger partial charge is 0.202 e. The van der Waals surface area contributed by atoms with Gasteiger partial charge in [-0.15, -0.1) is 0 Å². The van der Waals surface area contributed by atoms with Crippen LogP contribution in [0.5, 0.6) is 0 Å². The highest BCUT2D eigenvalue weighted by molar-refractivity contribution is 7.09. The van der Waals surface area contributed by atoms with Crippen molar-refractivity contribution in [2.24, 2.45) is 11.7 Å². The molecule has 92 valence electrons. The third-order valence-corrected chi connectivity index (χ3v) is 3.31. The highest BCUT2D eigenvalue weighted by Crippen LogP contribution is 2.15. The Morgan fingerprint density at radius 1 is 1.38 bits per heavy atom. The Morgan fingerprint density at radius 3 is 2.75 bits per heavy atom. The average molecular weight is 242 g/mol. The molecule has 0 saturated heterocycles. The van der Waals surface area contributed by atoms with Crippen molar-refractivity contribution in [1.29, 1.82) is 0 Å². The van der Waals surface area contributed by atoms with E-state index in [-0.39, 0.29) is 0 Å². The molecule has 0 aliphatic heterocycles. The Labute approximate surface area is 102 Å².